The van der Waals surface area contributed by atoms with Gasteiger partial charge in [-0.1, -0.05) is 11.6 Å². The molecule has 1 rings (SSSR count). The fourth-order valence-corrected chi connectivity index (χ4v) is 1.43. The number of aryl methyl sites for hydroxylation is 1. The van der Waals surface area contributed by atoms with Crippen LogP contribution >= 0.6 is 11.6 Å². The number of nitrogens with one attached hydrogen (secondary N) is 1. The fourth-order valence-electron chi connectivity index (χ4n) is 1.28. The molecule has 0 bridgehead atoms. The number of aliphatic imine (C=N–C) groups is 1. The van der Waals surface area contributed by atoms with Crippen LogP contribution in [-0.4, -0.2) is 19.6 Å². The van der Waals surface area contributed by atoms with Crippen LogP contribution in [0.3, 0.4) is 0 Å². The molecular formula is C11H16ClN3O. The van der Waals surface area contributed by atoms with Crippen LogP contribution < -0.4 is 15.8 Å². The minimum absolute atomic E-state index is 0.363. The van der Waals surface area contributed by atoms with Gasteiger partial charge >= 0.3 is 0 Å². The molecule has 3 N–H and O–H groups in total. The number of ether oxygens (including phenoxy) is 1. The van der Waals surface area contributed by atoms with Crippen LogP contribution in [0, 0.1) is 6.92 Å². The van der Waals surface area contributed by atoms with Gasteiger partial charge in [0.15, 0.2) is 5.96 Å². The van der Waals surface area contributed by atoms with E-state index in [2.05, 4.69) is 10.3 Å². The van der Waals surface area contributed by atoms with Gasteiger partial charge in [0.25, 0.3) is 0 Å². The van der Waals surface area contributed by atoms with Gasteiger partial charge in [0.05, 0.1) is 12.8 Å². The van der Waals surface area contributed by atoms with E-state index >= 15 is 0 Å². The molecule has 1 aromatic carbocycles. The first-order valence-electron chi connectivity index (χ1n) is 4.99. The lowest BCUT2D eigenvalue weighted by molar-refractivity contribution is 0.417. The highest BCUT2D eigenvalue weighted by Crippen LogP contribution is 2.30. The van der Waals surface area contributed by atoms with Gasteiger partial charge in [0.2, 0.25) is 0 Å². The van der Waals surface area contributed by atoms with Crippen molar-refractivity contribution in [3.63, 3.8) is 0 Å². The second-order valence-electron chi connectivity index (χ2n) is 3.29. The SMILES string of the molecule is CCN=C(N)Nc1cc(C)c(Cl)cc1OC. The quantitative estimate of drug-likeness (QED) is 0.631. The van der Waals surface area contributed by atoms with Crippen molar-refractivity contribution >= 4 is 23.2 Å². The molecule has 16 heavy (non-hydrogen) atoms. The topological polar surface area (TPSA) is 59.6 Å². The Hall–Kier alpha value is -1.42. The lowest BCUT2D eigenvalue weighted by atomic mass is 10.2. The number of nitrogens with two attached hydrogens (primary N) is 1. The van der Waals surface area contributed by atoms with Crippen LogP contribution in [0.25, 0.3) is 0 Å². The molecule has 1 aromatic rings. The van der Waals surface area contributed by atoms with Gasteiger partial charge in [0, 0.05) is 17.6 Å². The zero-order valence-corrected chi connectivity index (χ0v) is 10.4. The van der Waals surface area contributed by atoms with E-state index < -0.39 is 0 Å². The number of benzene rings is 1. The van der Waals surface area contributed by atoms with Gasteiger partial charge in [0.1, 0.15) is 5.75 Å². The third-order valence-corrected chi connectivity index (χ3v) is 2.48. The zero-order valence-electron chi connectivity index (χ0n) is 9.67. The molecule has 4 nitrogen and oxygen atoms in total. The molecule has 0 fully saturated rings. The Morgan fingerprint density at radius 2 is 2.25 bits per heavy atom. The van der Waals surface area contributed by atoms with E-state index in [9.17, 15) is 0 Å². The van der Waals surface area contributed by atoms with Gasteiger partial charge < -0.3 is 15.8 Å². The van der Waals surface area contributed by atoms with E-state index in [1.165, 1.54) is 0 Å². The van der Waals surface area contributed by atoms with Crippen molar-refractivity contribution in [1.29, 1.82) is 0 Å². The maximum atomic E-state index is 5.99. The summed E-state index contributed by atoms with van der Waals surface area (Å²) < 4.78 is 5.20. The normalized spacial score (nSPS) is 11.4. The highest BCUT2D eigenvalue weighted by molar-refractivity contribution is 6.31. The van der Waals surface area contributed by atoms with Crippen molar-refractivity contribution in [2.75, 3.05) is 19.0 Å². The highest BCUT2D eigenvalue weighted by atomic mass is 35.5. The predicted molar refractivity (Wildman–Crippen MR) is 68.5 cm³/mol. The van der Waals surface area contributed by atoms with E-state index in [4.69, 9.17) is 22.1 Å². The summed E-state index contributed by atoms with van der Waals surface area (Å²) in [5.74, 6) is 1.01. The molecule has 0 spiro atoms. The minimum Gasteiger partial charge on any atom is -0.495 e. The molecule has 0 heterocycles. The molecule has 0 aromatic heterocycles. The summed E-state index contributed by atoms with van der Waals surface area (Å²) in [6, 6.07) is 3.62. The lowest BCUT2D eigenvalue weighted by Crippen LogP contribution is -2.23. The van der Waals surface area contributed by atoms with Crippen LogP contribution in [0.1, 0.15) is 12.5 Å². The molecule has 0 atom stereocenters. The summed E-state index contributed by atoms with van der Waals surface area (Å²) in [4.78, 5) is 4.04. The van der Waals surface area contributed by atoms with Crippen molar-refractivity contribution in [2.24, 2.45) is 10.7 Å². The highest BCUT2D eigenvalue weighted by Gasteiger charge is 2.07. The number of hydrogen-bond acceptors (Lipinski definition) is 2. The zero-order chi connectivity index (χ0) is 12.1. The van der Waals surface area contributed by atoms with E-state index in [1.54, 1.807) is 13.2 Å². The Balaban J connectivity index is 3.03. The summed E-state index contributed by atoms with van der Waals surface area (Å²) in [6.45, 7) is 4.46. The molecule has 0 radical (unpaired) electrons. The van der Waals surface area contributed by atoms with Crippen LogP contribution in [0.15, 0.2) is 17.1 Å². The summed E-state index contributed by atoms with van der Waals surface area (Å²) in [5, 5.41) is 3.64. The Kier molecular flexibility index (Phi) is 4.43. The number of guanidine groups is 1. The third-order valence-electron chi connectivity index (χ3n) is 2.07. The van der Waals surface area contributed by atoms with Gasteiger partial charge in [-0.2, -0.15) is 0 Å². The average Bonchev–Trinajstić information content (AvgIpc) is 2.23. The number of rotatable bonds is 3. The van der Waals surface area contributed by atoms with Crippen molar-refractivity contribution < 1.29 is 4.74 Å². The second-order valence-corrected chi connectivity index (χ2v) is 3.69. The second kappa shape index (κ2) is 5.61. The molecule has 0 aliphatic heterocycles. The van der Waals surface area contributed by atoms with Crippen molar-refractivity contribution in [3.05, 3.63) is 22.7 Å². The number of hydrogen-bond donors (Lipinski definition) is 2. The number of methoxy groups -OCH3 is 1. The summed E-state index contributed by atoms with van der Waals surface area (Å²) in [5.41, 5.74) is 7.39. The maximum Gasteiger partial charge on any atom is 0.193 e. The first-order valence-corrected chi connectivity index (χ1v) is 5.37. The van der Waals surface area contributed by atoms with Crippen molar-refractivity contribution in [3.8, 4) is 5.75 Å². The molecular weight excluding hydrogens is 226 g/mol. The molecule has 0 saturated heterocycles. The number of nitrogens with zero attached hydrogens (tertiary/aromatic N) is 1. The smallest absolute Gasteiger partial charge is 0.193 e. The van der Waals surface area contributed by atoms with Crippen LogP contribution in [0.4, 0.5) is 5.69 Å². The van der Waals surface area contributed by atoms with Crippen LogP contribution in [0.2, 0.25) is 5.02 Å². The first kappa shape index (κ1) is 12.6. The van der Waals surface area contributed by atoms with E-state index in [0.29, 0.717) is 23.3 Å². The summed E-state index contributed by atoms with van der Waals surface area (Å²) >= 11 is 5.99. The lowest BCUT2D eigenvalue weighted by Gasteiger charge is -2.12. The summed E-state index contributed by atoms with van der Waals surface area (Å²) in [6.07, 6.45) is 0. The Morgan fingerprint density at radius 3 is 2.81 bits per heavy atom. The minimum atomic E-state index is 0.363. The average molecular weight is 242 g/mol. The van der Waals surface area contributed by atoms with E-state index in [0.717, 1.165) is 11.3 Å². The molecule has 5 heteroatoms. The van der Waals surface area contributed by atoms with Crippen molar-refractivity contribution in [2.45, 2.75) is 13.8 Å². The third kappa shape index (κ3) is 3.03. The molecule has 0 aliphatic carbocycles. The maximum absolute atomic E-state index is 5.99. The Bertz CT molecular complexity index is 404. The largest absolute Gasteiger partial charge is 0.495 e. The number of halogens is 1. The van der Waals surface area contributed by atoms with Crippen LogP contribution in [-0.2, 0) is 0 Å². The Morgan fingerprint density at radius 1 is 1.56 bits per heavy atom. The predicted octanol–water partition coefficient (Wildman–Crippen LogP) is 2.40. The fraction of sp³-hybridized carbons (Fsp3) is 0.364. The van der Waals surface area contributed by atoms with Gasteiger partial charge in [-0.25, -0.2) is 0 Å². The molecule has 0 unspecified atom stereocenters. The molecule has 0 amide bonds. The van der Waals surface area contributed by atoms with Crippen molar-refractivity contribution in [1.82, 2.24) is 0 Å². The molecule has 0 saturated carbocycles. The Labute approximate surface area is 100 Å². The van der Waals surface area contributed by atoms with Gasteiger partial charge in [-0.3, -0.25) is 4.99 Å². The number of anilines is 1. The van der Waals surface area contributed by atoms with E-state index in [1.807, 2.05) is 19.9 Å². The standard InChI is InChI=1S/C11H16ClN3O/c1-4-14-11(13)15-9-5-7(2)8(12)6-10(9)16-3/h5-6H,4H2,1-3H3,(H3,13,14,15). The monoisotopic (exact) mass is 241 g/mol. The summed E-state index contributed by atoms with van der Waals surface area (Å²) in [7, 11) is 1.58. The van der Waals surface area contributed by atoms with E-state index in [-0.39, 0.29) is 0 Å². The van der Waals surface area contributed by atoms with Gasteiger partial charge in [-0.05, 0) is 25.5 Å². The van der Waals surface area contributed by atoms with Gasteiger partial charge in [-0.15, -0.1) is 0 Å². The first-order chi connectivity index (χ1) is 7.58. The molecule has 0 aliphatic rings. The van der Waals surface area contributed by atoms with Crippen LogP contribution in [0.5, 0.6) is 5.75 Å². The molecule has 88 valence electrons.